The van der Waals surface area contributed by atoms with Crippen LogP contribution in [0.4, 0.5) is 0 Å². The molecule has 0 aromatic rings. The number of ether oxygens (including phenoxy) is 2. The van der Waals surface area contributed by atoms with Crippen molar-refractivity contribution in [2.75, 3.05) is 20.8 Å². The van der Waals surface area contributed by atoms with Crippen LogP contribution >= 0.6 is 0 Å². The number of methoxy groups -OCH3 is 2. The summed E-state index contributed by atoms with van der Waals surface area (Å²) in [5.74, 6) is -0.213. The minimum absolute atomic E-state index is 0.334. The lowest BCUT2D eigenvalue weighted by Gasteiger charge is -2.35. The van der Waals surface area contributed by atoms with Crippen molar-refractivity contribution in [3.63, 3.8) is 0 Å². The summed E-state index contributed by atoms with van der Waals surface area (Å²) in [6.45, 7) is 4.78. The zero-order chi connectivity index (χ0) is 16.0. The molecule has 0 fully saturated rings. The zero-order valence-corrected chi connectivity index (χ0v) is 14.3. The quantitative estimate of drug-likeness (QED) is 0.206. The molecule has 0 radical (unpaired) electrons. The normalized spacial score (nSPS) is 13.0. The van der Waals surface area contributed by atoms with Crippen LogP contribution in [0, 0.1) is 5.92 Å². The van der Waals surface area contributed by atoms with E-state index in [2.05, 4.69) is 11.9 Å². The van der Waals surface area contributed by atoms with Gasteiger partial charge in [0.25, 0.3) is 0 Å². The molecule has 0 saturated carbocycles. The van der Waals surface area contributed by atoms with Gasteiger partial charge >= 0.3 is 0 Å². The lowest BCUT2D eigenvalue weighted by atomic mass is 9.88. The average Bonchev–Trinajstić information content (AvgIpc) is 2.51. The molecule has 4 nitrogen and oxygen atoms in total. The summed E-state index contributed by atoms with van der Waals surface area (Å²) in [6.07, 6.45) is 12.3. The Morgan fingerprint density at radius 2 is 1.57 bits per heavy atom. The van der Waals surface area contributed by atoms with Crippen molar-refractivity contribution in [3.8, 4) is 0 Å². The lowest BCUT2D eigenvalue weighted by molar-refractivity contribution is -0.230. The van der Waals surface area contributed by atoms with E-state index in [4.69, 9.17) is 9.47 Å². The first-order valence-corrected chi connectivity index (χ1v) is 8.28. The topological polar surface area (TPSA) is 47.9 Å². The predicted molar refractivity (Wildman–Crippen MR) is 86.1 cm³/mol. The van der Waals surface area contributed by atoms with Gasteiger partial charge < -0.3 is 9.47 Å². The third-order valence-corrected chi connectivity index (χ3v) is 4.35. The molecule has 0 amide bonds. The standard InChI is InChI=1S/C17H33NO3/c1-5-6-7-8-9-10-12-16(13-11-14-18-15-19)17(2,20-3)21-4/h16H,5-14H2,1-4H3/t16-/m1/s1. The molecule has 21 heavy (non-hydrogen) atoms. The van der Waals surface area contributed by atoms with Gasteiger partial charge in [-0.2, -0.15) is 0 Å². The van der Waals surface area contributed by atoms with Gasteiger partial charge in [0.2, 0.25) is 6.08 Å². The van der Waals surface area contributed by atoms with Crippen molar-refractivity contribution in [2.24, 2.45) is 10.9 Å². The van der Waals surface area contributed by atoms with Crippen molar-refractivity contribution in [1.29, 1.82) is 0 Å². The molecule has 0 aliphatic heterocycles. The molecule has 0 aliphatic rings. The number of isocyanates is 1. The zero-order valence-electron chi connectivity index (χ0n) is 14.3. The van der Waals surface area contributed by atoms with Gasteiger partial charge in [0.15, 0.2) is 5.79 Å². The first-order chi connectivity index (χ1) is 10.1. The Balaban J connectivity index is 4.21. The van der Waals surface area contributed by atoms with E-state index in [-0.39, 0.29) is 0 Å². The molecule has 4 heteroatoms. The molecule has 0 aromatic carbocycles. The highest BCUT2D eigenvalue weighted by Gasteiger charge is 2.33. The Hall–Kier alpha value is -0.700. The largest absolute Gasteiger partial charge is 0.353 e. The Kier molecular flexibility index (Phi) is 12.6. The Bertz CT molecular complexity index is 284. The molecular weight excluding hydrogens is 266 g/mol. The minimum Gasteiger partial charge on any atom is -0.353 e. The fraction of sp³-hybridized carbons (Fsp3) is 0.941. The molecule has 1 atom stereocenters. The maximum atomic E-state index is 10.1. The molecule has 0 spiro atoms. The van der Waals surface area contributed by atoms with Crippen LogP contribution in [0.2, 0.25) is 0 Å². The number of hydrogen-bond acceptors (Lipinski definition) is 4. The van der Waals surface area contributed by atoms with E-state index in [1.807, 2.05) is 6.92 Å². The number of carbonyl (C=O) groups excluding carboxylic acids is 1. The van der Waals surface area contributed by atoms with Gasteiger partial charge in [-0.1, -0.05) is 45.4 Å². The van der Waals surface area contributed by atoms with Crippen LogP contribution in [0.1, 0.15) is 71.6 Å². The van der Waals surface area contributed by atoms with Gasteiger partial charge in [-0.15, -0.1) is 0 Å². The molecule has 0 saturated heterocycles. The summed E-state index contributed by atoms with van der Waals surface area (Å²) < 4.78 is 11.1. The van der Waals surface area contributed by atoms with Crippen LogP contribution in [-0.4, -0.2) is 32.6 Å². The van der Waals surface area contributed by atoms with Crippen molar-refractivity contribution in [3.05, 3.63) is 0 Å². The first-order valence-electron chi connectivity index (χ1n) is 8.28. The van der Waals surface area contributed by atoms with Gasteiger partial charge in [-0.25, -0.2) is 9.79 Å². The molecule has 124 valence electrons. The highest BCUT2D eigenvalue weighted by atomic mass is 16.7. The second-order valence-electron chi connectivity index (χ2n) is 5.79. The number of rotatable bonds is 14. The summed E-state index contributed by atoms with van der Waals surface area (Å²) in [7, 11) is 3.39. The maximum absolute atomic E-state index is 10.1. The predicted octanol–water partition coefficient (Wildman–Crippen LogP) is 4.48. The summed E-state index contributed by atoms with van der Waals surface area (Å²) in [5, 5.41) is 0. The van der Waals surface area contributed by atoms with E-state index in [9.17, 15) is 4.79 Å². The Morgan fingerprint density at radius 3 is 2.14 bits per heavy atom. The van der Waals surface area contributed by atoms with E-state index in [0.717, 1.165) is 19.3 Å². The summed E-state index contributed by atoms with van der Waals surface area (Å²) in [5.41, 5.74) is 0. The van der Waals surface area contributed by atoms with Crippen molar-refractivity contribution >= 4 is 6.08 Å². The molecule has 0 bridgehead atoms. The van der Waals surface area contributed by atoms with Crippen LogP contribution in [0.3, 0.4) is 0 Å². The molecule has 0 aliphatic carbocycles. The lowest BCUT2D eigenvalue weighted by Crippen LogP contribution is -2.39. The van der Waals surface area contributed by atoms with Crippen LogP contribution in [0.25, 0.3) is 0 Å². The van der Waals surface area contributed by atoms with Crippen molar-refractivity contribution < 1.29 is 14.3 Å². The van der Waals surface area contributed by atoms with Gasteiger partial charge in [-0.3, -0.25) is 0 Å². The van der Waals surface area contributed by atoms with Crippen LogP contribution in [0.5, 0.6) is 0 Å². The molecular formula is C17H33NO3. The number of aliphatic imine (C=N–C) groups is 1. The van der Waals surface area contributed by atoms with Crippen LogP contribution < -0.4 is 0 Å². The first kappa shape index (κ1) is 20.3. The fourth-order valence-electron chi connectivity index (χ4n) is 2.72. The van der Waals surface area contributed by atoms with Gasteiger partial charge in [0, 0.05) is 20.1 Å². The van der Waals surface area contributed by atoms with E-state index in [1.54, 1.807) is 20.3 Å². The summed E-state index contributed by atoms with van der Waals surface area (Å²) >= 11 is 0. The van der Waals surface area contributed by atoms with Crippen molar-refractivity contribution in [2.45, 2.75) is 77.4 Å². The van der Waals surface area contributed by atoms with Crippen LogP contribution in [0.15, 0.2) is 4.99 Å². The summed E-state index contributed by atoms with van der Waals surface area (Å²) in [6, 6.07) is 0. The highest BCUT2D eigenvalue weighted by Crippen LogP contribution is 2.31. The number of nitrogens with zero attached hydrogens (tertiary/aromatic N) is 1. The van der Waals surface area contributed by atoms with E-state index in [0.29, 0.717) is 12.5 Å². The third kappa shape index (κ3) is 9.02. The Morgan fingerprint density at radius 1 is 1.00 bits per heavy atom. The van der Waals surface area contributed by atoms with Gasteiger partial charge in [-0.05, 0) is 26.2 Å². The molecule has 0 aromatic heterocycles. The second kappa shape index (κ2) is 13.0. The third-order valence-electron chi connectivity index (χ3n) is 4.35. The second-order valence-corrected chi connectivity index (χ2v) is 5.79. The fourth-order valence-corrected chi connectivity index (χ4v) is 2.72. The van der Waals surface area contributed by atoms with E-state index < -0.39 is 5.79 Å². The number of unbranched alkanes of at least 4 members (excludes halogenated alkanes) is 5. The maximum Gasteiger partial charge on any atom is 0.234 e. The molecule has 0 heterocycles. The van der Waals surface area contributed by atoms with Gasteiger partial charge in [0.1, 0.15) is 0 Å². The van der Waals surface area contributed by atoms with Crippen LogP contribution in [-0.2, 0) is 14.3 Å². The Labute approximate surface area is 130 Å². The van der Waals surface area contributed by atoms with E-state index >= 15 is 0 Å². The molecule has 0 unspecified atom stereocenters. The van der Waals surface area contributed by atoms with Gasteiger partial charge in [0.05, 0.1) is 6.54 Å². The minimum atomic E-state index is -0.547. The highest BCUT2D eigenvalue weighted by molar-refractivity contribution is 5.32. The summed E-state index contributed by atoms with van der Waals surface area (Å²) in [4.78, 5) is 13.7. The smallest absolute Gasteiger partial charge is 0.234 e. The van der Waals surface area contributed by atoms with E-state index in [1.165, 1.54) is 38.5 Å². The molecule has 0 rings (SSSR count). The average molecular weight is 299 g/mol. The molecule has 0 N–H and O–H groups in total. The van der Waals surface area contributed by atoms with Crippen molar-refractivity contribution in [1.82, 2.24) is 0 Å². The monoisotopic (exact) mass is 299 g/mol. The SMILES string of the molecule is CCCCCCCC[C@H](CCCN=C=O)C(C)(OC)OC. The number of hydrogen-bond donors (Lipinski definition) is 0.